The van der Waals surface area contributed by atoms with E-state index >= 15 is 0 Å². The van der Waals surface area contributed by atoms with Crippen LogP contribution < -0.4 is 10.1 Å². The number of anilines is 1. The molecule has 1 aliphatic carbocycles. The van der Waals surface area contributed by atoms with E-state index in [2.05, 4.69) is 10.3 Å². The zero-order valence-electron chi connectivity index (χ0n) is 14.4. The van der Waals surface area contributed by atoms with Gasteiger partial charge in [-0.3, -0.25) is 20.2 Å². The number of thiazole rings is 1. The highest BCUT2D eigenvalue weighted by Gasteiger charge is 2.22. The summed E-state index contributed by atoms with van der Waals surface area (Å²) in [6, 6.07) is 11.4. The molecule has 0 aliphatic heterocycles. The number of aryl methyl sites for hydroxylation is 2. The van der Waals surface area contributed by atoms with Crippen molar-refractivity contribution in [1.29, 1.82) is 0 Å². The van der Waals surface area contributed by atoms with Crippen molar-refractivity contribution in [2.24, 2.45) is 0 Å². The summed E-state index contributed by atoms with van der Waals surface area (Å²) >= 11 is 1.46. The molecule has 0 unspecified atom stereocenters. The second kappa shape index (κ2) is 6.81. The van der Waals surface area contributed by atoms with Crippen molar-refractivity contribution in [3.63, 3.8) is 0 Å². The van der Waals surface area contributed by atoms with Gasteiger partial charge in [0.15, 0.2) is 5.13 Å². The highest BCUT2D eigenvalue weighted by Crippen LogP contribution is 2.39. The van der Waals surface area contributed by atoms with Gasteiger partial charge in [0.1, 0.15) is 5.75 Å². The third-order valence-electron chi connectivity index (χ3n) is 4.45. The molecule has 0 saturated carbocycles. The number of nitro benzene ring substituents is 1. The largest absolute Gasteiger partial charge is 0.497 e. The first kappa shape index (κ1) is 17.2. The van der Waals surface area contributed by atoms with Crippen molar-refractivity contribution >= 4 is 28.1 Å². The van der Waals surface area contributed by atoms with Crippen molar-refractivity contribution in [3.05, 3.63) is 68.6 Å². The Hall–Kier alpha value is -3.26. The van der Waals surface area contributed by atoms with Gasteiger partial charge in [0, 0.05) is 28.1 Å². The van der Waals surface area contributed by atoms with Crippen LogP contribution in [0.4, 0.5) is 10.8 Å². The predicted molar refractivity (Wildman–Crippen MR) is 103 cm³/mol. The number of hydrogen-bond donors (Lipinski definition) is 1. The van der Waals surface area contributed by atoms with Crippen molar-refractivity contribution < 1.29 is 14.5 Å². The van der Waals surface area contributed by atoms with E-state index in [0.29, 0.717) is 10.7 Å². The zero-order chi connectivity index (χ0) is 19.0. The standard InChI is InChI=1S/C19H15N3O4S/c1-26-14-7-8-15-12(10-14)4-9-16-17(15)20-19(27-16)21-18(23)11-2-5-13(6-3-11)22(24)25/h2-3,5-8,10H,4,9H2,1H3,(H,20,21,23). The van der Waals surface area contributed by atoms with E-state index < -0.39 is 4.92 Å². The number of fused-ring (bicyclic) bond motifs is 3. The lowest BCUT2D eigenvalue weighted by Gasteiger charge is -2.15. The van der Waals surface area contributed by atoms with Gasteiger partial charge in [-0.1, -0.05) is 0 Å². The Labute approximate surface area is 158 Å². The molecule has 1 heterocycles. The smallest absolute Gasteiger partial charge is 0.269 e. The lowest BCUT2D eigenvalue weighted by molar-refractivity contribution is -0.384. The molecule has 1 aromatic heterocycles. The van der Waals surface area contributed by atoms with E-state index in [0.717, 1.165) is 34.7 Å². The molecule has 2 aromatic carbocycles. The molecule has 0 spiro atoms. The Balaban J connectivity index is 1.57. The van der Waals surface area contributed by atoms with Crippen molar-refractivity contribution in [1.82, 2.24) is 4.98 Å². The van der Waals surface area contributed by atoms with Crippen LogP contribution in [0.2, 0.25) is 0 Å². The SMILES string of the molecule is COc1ccc2c(c1)CCc1sc(NC(=O)c3ccc([N+](=O)[O-])cc3)nc1-2. The molecular weight excluding hydrogens is 366 g/mol. The quantitative estimate of drug-likeness (QED) is 0.543. The number of carbonyl (C=O) groups excluding carboxylic acids is 1. The number of aromatic nitrogens is 1. The molecule has 27 heavy (non-hydrogen) atoms. The van der Waals surface area contributed by atoms with Gasteiger partial charge in [-0.25, -0.2) is 4.98 Å². The number of methoxy groups -OCH3 is 1. The molecule has 1 aliphatic rings. The number of ether oxygens (including phenoxy) is 1. The van der Waals surface area contributed by atoms with Gasteiger partial charge in [-0.05, 0) is 48.7 Å². The number of nitro groups is 1. The maximum atomic E-state index is 12.4. The van der Waals surface area contributed by atoms with Crippen molar-refractivity contribution in [2.45, 2.75) is 12.8 Å². The Morgan fingerprint density at radius 3 is 2.70 bits per heavy atom. The summed E-state index contributed by atoms with van der Waals surface area (Å²) in [6.45, 7) is 0. The van der Waals surface area contributed by atoms with Crippen LogP contribution in [0.1, 0.15) is 20.8 Å². The normalized spacial score (nSPS) is 12.0. The van der Waals surface area contributed by atoms with E-state index in [1.165, 1.54) is 41.2 Å². The van der Waals surface area contributed by atoms with Crippen LogP contribution in [0, 0.1) is 10.1 Å². The summed E-state index contributed by atoms with van der Waals surface area (Å²) in [6.07, 6.45) is 1.76. The summed E-state index contributed by atoms with van der Waals surface area (Å²) < 4.78 is 5.28. The molecule has 136 valence electrons. The van der Waals surface area contributed by atoms with Gasteiger partial charge in [-0.2, -0.15) is 0 Å². The lowest BCUT2D eigenvalue weighted by Crippen LogP contribution is -2.11. The van der Waals surface area contributed by atoms with Crippen LogP contribution in [-0.4, -0.2) is 22.9 Å². The van der Waals surface area contributed by atoms with Gasteiger partial charge in [-0.15, -0.1) is 11.3 Å². The molecule has 0 bridgehead atoms. The maximum Gasteiger partial charge on any atom is 0.269 e. The summed E-state index contributed by atoms with van der Waals surface area (Å²) in [5.41, 5.74) is 3.43. The number of nitrogens with zero attached hydrogens (tertiary/aromatic N) is 2. The average Bonchev–Trinajstić information content (AvgIpc) is 3.10. The maximum absolute atomic E-state index is 12.4. The van der Waals surface area contributed by atoms with E-state index in [-0.39, 0.29) is 11.6 Å². The fraction of sp³-hybridized carbons (Fsp3) is 0.158. The number of non-ortho nitro benzene ring substituents is 1. The summed E-state index contributed by atoms with van der Waals surface area (Å²) in [5.74, 6) is 0.477. The second-order valence-corrected chi connectivity index (χ2v) is 7.16. The summed E-state index contributed by atoms with van der Waals surface area (Å²) in [7, 11) is 1.64. The van der Waals surface area contributed by atoms with Crippen LogP contribution in [0.25, 0.3) is 11.3 Å². The Kier molecular flexibility index (Phi) is 4.33. The molecule has 4 rings (SSSR count). The van der Waals surface area contributed by atoms with Gasteiger partial charge in [0.2, 0.25) is 0 Å². The van der Waals surface area contributed by atoms with Crippen LogP contribution in [0.5, 0.6) is 5.75 Å². The minimum absolute atomic E-state index is 0.0525. The van der Waals surface area contributed by atoms with E-state index in [9.17, 15) is 14.9 Å². The van der Waals surface area contributed by atoms with Gasteiger partial charge in [0.25, 0.3) is 11.6 Å². The molecule has 0 fully saturated rings. The van der Waals surface area contributed by atoms with Crippen LogP contribution in [0.15, 0.2) is 42.5 Å². The molecule has 0 radical (unpaired) electrons. The highest BCUT2D eigenvalue weighted by atomic mass is 32.1. The molecule has 1 amide bonds. The number of hydrogen-bond acceptors (Lipinski definition) is 6. The number of nitrogens with one attached hydrogen (secondary N) is 1. The summed E-state index contributed by atoms with van der Waals surface area (Å²) in [4.78, 5) is 28.4. The molecule has 8 heteroatoms. The van der Waals surface area contributed by atoms with Crippen molar-refractivity contribution in [2.75, 3.05) is 12.4 Å². The fourth-order valence-electron chi connectivity index (χ4n) is 3.07. The molecule has 0 atom stereocenters. The predicted octanol–water partition coefficient (Wildman–Crippen LogP) is 4.08. The first-order valence-corrected chi connectivity index (χ1v) is 9.09. The first-order valence-electron chi connectivity index (χ1n) is 8.28. The monoisotopic (exact) mass is 381 g/mol. The lowest BCUT2D eigenvalue weighted by atomic mass is 9.93. The van der Waals surface area contributed by atoms with E-state index in [1.54, 1.807) is 7.11 Å². The number of carbonyl (C=O) groups is 1. The van der Waals surface area contributed by atoms with Gasteiger partial charge in [0.05, 0.1) is 17.7 Å². The van der Waals surface area contributed by atoms with E-state index in [4.69, 9.17) is 4.74 Å². The van der Waals surface area contributed by atoms with Crippen LogP contribution >= 0.6 is 11.3 Å². The van der Waals surface area contributed by atoms with Gasteiger partial charge >= 0.3 is 0 Å². The molecular formula is C19H15N3O4S. The third kappa shape index (κ3) is 3.26. The zero-order valence-corrected chi connectivity index (χ0v) is 15.2. The second-order valence-electron chi connectivity index (χ2n) is 6.07. The van der Waals surface area contributed by atoms with E-state index in [1.807, 2.05) is 18.2 Å². The number of benzene rings is 2. The number of rotatable bonds is 4. The minimum atomic E-state index is -0.497. The highest BCUT2D eigenvalue weighted by molar-refractivity contribution is 7.16. The average molecular weight is 381 g/mol. The molecule has 7 nitrogen and oxygen atoms in total. The molecule has 3 aromatic rings. The Bertz CT molecular complexity index is 1040. The van der Waals surface area contributed by atoms with Crippen molar-refractivity contribution in [3.8, 4) is 17.0 Å². The number of amides is 1. The third-order valence-corrected chi connectivity index (χ3v) is 5.48. The molecule has 0 saturated heterocycles. The minimum Gasteiger partial charge on any atom is -0.497 e. The fourth-order valence-corrected chi connectivity index (χ4v) is 4.04. The first-order chi connectivity index (χ1) is 13.0. The Morgan fingerprint density at radius 2 is 2.00 bits per heavy atom. The van der Waals surface area contributed by atoms with Gasteiger partial charge < -0.3 is 4.74 Å². The summed E-state index contributed by atoms with van der Waals surface area (Å²) in [5, 5.41) is 14.0. The van der Waals surface area contributed by atoms with Crippen LogP contribution in [-0.2, 0) is 12.8 Å². The Morgan fingerprint density at radius 1 is 1.22 bits per heavy atom. The van der Waals surface area contributed by atoms with Crippen LogP contribution in [0.3, 0.4) is 0 Å². The topological polar surface area (TPSA) is 94.4 Å². The molecule has 1 N–H and O–H groups in total.